The lowest BCUT2D eigenvalue weighted by Crippen LogP contribution is -2.67. The zero-order valence-corrected chi connectivity index (χ0v) is 82.0. The average Bonchev–Trinajstić information content (AvgIpc) is 0.671. The summed E-state index contributed by atoms with van der Waals surface area (Å²) in [5.41, 5.74) is -2.05. The van der Waals surface area contributed by atoms with Crippen LogP contribution in [0.1, 0.15) is 133 Å². The molecule has 5 aliphatic carbocycles. The Morgan fingerprint density at radius 2 is 0.710 bits per heavy atom. The molecule has 60 atom stereocenters. The maximum Gasteiger partial charge on any atom is 0.315 e. The third kappa shape index (κ3) is 21.4. The lowest BCUT2D eigenvalue weighted by molar-refractivity contribution is -0.392. The van der Waals surface area contributed by atoms with Gasteiger partial charge < -0.3 is 252 Å². The largest absolute Gasteiger partial charge is 0.432 e. The number of carbonyl (C=O) groups excluding carboxylic acids is 1. The monoisotopic (exact) mass is 2100 g/mol. The van der Waals surface area contributed by atoms with Crippen molar-refractivity contribution in [1.29, 1.82) is 0 Å². The van der Waals surface area contributed by atoms with Gasteiger partial charge in [0.1, 0.15) is 232 Å². The lowest BCUT2D eigenvalue weighted by atomic mass is 9.33. The summed E-state index contributed by atoms with van der Waals surface area (Å²) >= 11 is 0. The molecule has 0 radical (unpaired) electrons. The molecule has 11 aliphatic heterocycles. The lowest BCUT2D eigenvalue weighted by Gasteiger charge is -2.71. The van der Waals surface area contributed by atoms with Crippen LogP contribution >= 0.6 is 0 Å². The zero-order chi connectivity index (χ0) is 105. The van der Waals surface area contributed by atoms with Crippen molar-refractivity contribution in [3.8, 4) is 0 Å². The van der Waals surface area contributed by atoms with E-state index in [1.54, 1.807) is 6.92 Å². The average molecular weight is 2100 g/mol. The molecule has 52 nitrogen and oxygen atoms in total. The van der Waals surface area contributed by atoms with Gasteiger partial charge in [0.05, 0.1) is 82.7 Å². The predicted octanol–water partition coefficient (Wildman–Crippen LogP) is -12.3. The van der Waals surface area contributed by atoms with Crippen molar-refractivity contribution in [2.45, 2.75) is 459 Å². The number of ether oxygens (including phenoxy) is 22. The molecule has 15 fully saturated rings. The molecule has 0 aromatic heterocycles. The highest BCUT2D eigenvalue weighted by Crippen LogP contribution is 2.76. The summed E-state index contributed by atoms with van der Waals surface area (Å²) in [6.07, 6.45) is -84.9. The van der Waals surface area contributed by atoms with Crippen LogP contribution in [0.2, 0.25) is 0 Å². The Morgan fingerprint density at radius 3 is 1.23 bits per heavy atom. The number of rotatable bonds is 27. The maximum atomic E-state index is 15.5. The quantitative estimate of drug-likeness (QED) is 0.0206. The van der Waals surface area contributed by atoms with Gasteiger partial charge >= 0.3 is 5.97 Å². The Morgan fingerprint density at radius 1 is 0.331 bits per heavy atom. The molecule has 16 aliphatic rings. The molecular formula is C93H152O52. The van der Waals surface area contributed by atoms with Gasteiger partial charge in [-0.05, 0) is 130 Å². The van der Waals surface area contributed by atoms with Gasteiger partial charge in [0, 0.05) is 0 Å². The second kappa shape index (κ2) is 45.1. The van der Waals surface area contributed by atoms with Gasteiger partial charge in [0.15, 0.2) is 62.9 Å². The van der Waals surface area contributed by atoms with E-state index in [-0.39, 0.29) is 34.0 Å². The maximum absolute atomic E-state index is 15.5. The van der Waals surface area contributed by atoms with E-state index in [2.05, 4.69) is 54.5 Å². The first-order valence-corrected chi connectivity index (χ1v) is 50.2. The molecule has 4 saturated carbocycles. The van der Waals surface area contributed by atoms with Crippen LogP contribution in [0.25, 0.3) is 0 Å². The SMILES string of the molecule is C[C@@H]1O[C@@H](OC[C@H]2O[C@@H](O[C@H]3[C@H](O)[C@@H](O)[C@H](O[C@@H]4CO[C@@H](O[C@H]5[C@H](O[C@H]6[C@H](O[C@@H]7[C@@H](O)[C@@H](O)[C@H](O[C@H]8CC[C@]9(C)[C@H](CC[C@]%10(C)[C@@H]9CC=C9[C@H]%11CC(C)(C)CC[C@]%11(C(=O)O[C@@H]%11O[C@H](CO[C@@H]%12O[C@H](CO)[C@@H](O[C@@H]%13O[C@H](CO)[C@@H](O[C@@H]%14O[C@H](C)[C@@H](O)[C@H](O)[C@@H]%14O)[C@H](O)[C@H]%13O)[C@H](O)[C@H]%12O)[C@@H](O)[C@H](O)[C@H]%11O)CC[C@@]9%10C)C8(C)C)O[C@H]7C)OC[C@H](O)[C@@H]6O)OC[C@H](O)[C@@H]5O)[C@H](O)[C@H]4O)O[C@@H]3CO)[C@H](O)[C@@H](O)[C@@H]2O)[C@H](O)[C@H](O)[C@H]1O. The number of esters is 1. The van der Waals surface area contributed by atoms with Gasteiger partial charge in [0.2, 0.25) is 6.29 Å². The Labute approximate surface area is 833 Å². The van der Waals surface area contributed by atoms with Crippen LogP contribution in [0.3, 0.4) is 0 Å². The van der Waals surface area contributed by atoms with Crippen molar-refractivity contribution in [1.82, 2.24) is 0 Å². The highest BCUT2D eigenvalue weighted by molar-refractivity contribution is 5.79. The van der Waals surface area contributed by atoms with Crippen molar-refractivity contribution in [3.63, 3.8) is 0 Å². The van der Waals surface area contributed by atoms with Crippen molar-refractivity contribution in [3.05, 3.63) is 11.6 Å². The molecule has 0 unspecified atom stereocenters. The van der Waals surface area contributed by atoms with Crippen molar-refractivity contribution < 1.29 is 257 Å². The normalized spacial score (nSPS) is 54.9. The van der Waals surface area contributed by atoms with E-state index in [9.17, 15) is 148 Å². The molecule has 836 valence electrons. The predicted molar refractivity (Wildman–Crippen MR) is 469 cm³/mol. The Hall–Kier alpha value is -2.79. The van der Waals surface area contributed by atoms with Crippen LogP contribution in [-0.4, -0.2) is 532 Å². The number of carbonyl (C=O) groups is 1. The molecule has 145 heavy (non-hydrogen) atoms. The highest BCUT2D eigenvalue weighted by Gasteiger charge is 2.72. The molecule has 0 amide bonds. The van der Waals surface area contributed by atoms with Crippen LogP contribution in [0.15, 0.2) is 11.6 Å². The summed E-state index contributed by atoms with van der Waals surface area (Å²) in [5.74, 6) is -0.951. The van der Waals surface area contributed by atoms with Crippen LogP contribution in [0.5, 0.6) is 0 Å². The molecule has 0 bridgehead atoms. The molecule has 0 spiro atoms. The van der Waals surface area contributed by atoms with Crippen LogP contribution < -0.4 is 0 Å². The third-order valence-electron chi connectivity index (χ3n) is 34.9. The number of allylic oxidation sites excluding steroid dienone is 2. The fraction of sp³-hybridized carbons (Fsp3) is 0.968. The van der Waals surface area contributed by atoms with Crippen LogP contribution in [0, 0.1) is 50.2 Å². The van der Waals surface area contributed by atoms with E-state index in [1.165, 1.54) is 13.8 Å². The fourth-order valence-electron chi connectivity index (χ4n) is 25.7. The minimum absolute atomic E-state index is 0.0170. The van der Waals surface area contributed by atoms with Gasteiger partial charge in [0.25, 0.3) is 0 Å². The van der Waals surface area contributed by atoms with Gasteiger partial charge in [-0.25, -0.2) is 0 Å². The first-order valence-electron chi connectivity index (χ1n) is 50.2. The van der Waals surface area contributed by atoms with Crippen LogP contribution in [-0.2, 0) is 109 Å². The van der Waals surface area contributed by atoms with Crippen molar-refractivity contribution in [2.24, 2.45) is 50.2 Å². The Balaban J connectivity index is 0.518. The van der Waals surface area contributed by atoms with Gasteiger partial charge in [-0.1, -0.05) is 60.1 Å². The molecule has 0 aromatic rings. The molecule has 52 heteroatoms. The summed E-state index contributed by atoms with van der Waals surface area (Å²) in [4.78, 5) is 15.5. The van der Waals surface area contributed by atoms with Gasteiger partial charge in [-0.3, -0.25) is 4.79 Å². The van der Waals surface area contributed by atoms with Crippen molar-refractivity contribution in [2.75, 3.05) is 52.9 Å². The first kappa shape index (κ1) is 115. The standard InChI is InChI=1S/C93H152O52/c1-30-46(99)53(106)62(115)76(129-30)126-27-40-50(103)55(108)64(117)82(136-40)141-73-38(23-95)133-81(68(121)59(73)112)135-42-29-128-78(61(114)52(42)105)143-74-48(101)35(97)26-125-86(74)144-75-49(102)36(98)25-124-85(75)139-70-32(3)131-79(67(120)57(70)110)138-45-14-15-90(8)43(89(45,6)7)13-16-92(10)44(90)12-11-33-34-21-88(4,5)17-19-93(34,20-18-91(33,92)9)87(123)145-84-65(118)56(109)51(104)41(137-84)28-127-77-66(119)58(111)71(37(22-94)132-77)142-83-69(122)60(113)72(39(24-96)134-83)140-80-63(116)54(107)47(100)31(2)130-80/h11,30-32,34-86,94-122H,12-29H2,1-10H3/t30-,31+,32-,34+,35-,36-,37+,38+,39+,40+,41+,42+,43+,44+,45-,46-,47+,48-,49-,50+,51+,52-,53+,54-,55-,56-,57-,58+,59+,60+,61+,62+,63-,64+,65+,66+,67+,68+,69+,70-,71+,72+,73+,74+,75+,76+,77+,78-,79-,80-,81-,82-,83-,84-,85-,86-,90+,91-,92+,93-/m0/s1. The molecule has 11 saturated heterocycles. The third-order valence-corrected chi connectivity index (χ3v) is 34.9. The summed E-state index contributed by atoms with van der Waals surface area (Å²) in [7, 11) is 0. The van der Waals surface area contributed by atoms with E-state index in [0.717, 1.165) is 18.4 Å². The van der Waals surface area contributed by atoms with E-state index in [4.69, 9.17) is 104 Å². The smallest absolute Gasteiger partial charge is 0.315 e. The van der Waals surface area contributed by atoms with Gasteiger partial charge in [-0.15, -0.1) is 0 Å². The molecular weight excluding hydrogens is 1950 g/mol. The number of aliphatic hydroxyl groups excluding tert-OH is 29. The molecule has 11 heterocycles. The van der Waals surface area contributed by atoms with Gasteiger partial charge in [-0.2, -0.15) is 0 Å². The first-order chi connectivity index (χ1) is 68.2. The second-order valence-electron chi connectivity index (χ2n) is 44.6. The fourth-order valence-corrected chi connectivity index (χ4v) is 25.7. The number of aliphatic hydroxyl groups is 29. The summed E-state index contributed by atoms with van der Waals surface area (Å²) < 4.78 is 130. The van der Waals surface area contributed by atoms with E-state index in [1.807, 2.05) is 0 Å². The zero-order valence-electron chi connectivity index (χ0n) is 82.0. The Bertz CT molecular complexity index is 4250. The minimum Gasteiger partial charge on any atom is -0.432 e. The highest BCUT2D eigenvalue weighted by atomic mass is 16.8. The topological polar surface area (TPSA) is 807 Å². The molecule has 29 N–H and O–H groups in total. The second-order valence-corrected chi connectivity index (χ2v) is 44.6. The Kier molecular flexibility index (Phi) is 35.7. The molecule has 0 aromatic carbocycles. The number of hydrogen-bond acceptors (Lipinski definition) is 52. The van der Waals surface area contributed by atoms with E-state index in [0.29, 0.717) is 51.4 Å². The minimum atomic E-state index is -2.15. The van der Waals surface area contributed by atoms with Crippen molar-refractivity contribution >= 4 is 5.97 Å². The summed E-state index contributed by atoms with van der Waals surface area (Å²) in [6, 6.07) is 0. The summed E-state index contributed by atoms with van der Waals surface area (Å²) in [5, 5.41) is 321. The number of fused-ring (bicyclic) bond motifs is 7. The van der Waals surface area contributed by atoms with E-state index >= 15 is 4.79 Å². The molecule has 16 rings (SSSR count). The summed E-state index contributed by atoms with van der Waals surface area (Å²) in [6.45, 7) is 13.6. The van der Waals surface area contributed by atoms with Crippen LogP contribution in [0.4, 0.5) is 0 Å². The van der Waals surface area contributed by atoms with E-state index < -0.39 is 401 Å². The number of hydrogen-bond donors (Lipinski definition) is 29.